The standard InChI is InChI=1S/C14H23N5O/c20-14-11-3-1-5-16-13(11)12(17-18-14)4-2-8-19-9-6-15-7-10-19/h15-16H,1-10H2,(H,18,20). The lowest BCUT2D eigenvalue weighted by Crippen LogP contribution is -2.43. The fourth-order valence-electron chi connectivity index (χ4n) is 3.04. The van der Waals surface area contributed by atoms with E-state index in [1.165, 1.54) is 0 Å². The van der Waals surface area contributed by atoms with Gasteiger partial charge in [0.2, 0.25) is 0 Å². The van der Waals surface area contributed by atoms with E-state index in [9.17, 15) is 4.79 Å². The molecule has 0 aromatic carbocycles. The molecule has 2 aliphatic rings. The molecular weight excluding hydrogens is 254 g/mol. The molecule has 0 radical (unpaired) electrons. The van der Waals surface area contributed by atoms with Gasteiger partial charge in [-0.05, 0) is 32.2 Å². The molecule has 1 fully saturated rings. The molecule has 1 saturated heterocycles. The normalized spacial score (nSPS) is 19.4. The van der Waals surface area contributed by atoms with Crippen molar-refractivity contribution in [2.24, 2.45) is 0 Å². The number of nitrogens with zero attached hydrogens (tertiary/aromatic N) is 2. The van der Waals surface area contributed by atoms with Gasteiger partial charge in [0.1, 0.15) is 0 Å². The molecule has 6 nitrogen and oxygen atoms in total. The van der Waals surface area contributed by atoms with Crippen LogP contribution in [0.15, 0.2) is 4.79 Å². The number of aromatic nitrogens is 2. The number of fused-ring (bicyclic) bond motifs is 1. The molecule has 6 heteroatoms. The molecule has 2 aliphatic heterocycles. The van der Waals surface area contributed by atoms with Gasteiger partial charge in [0.05, 0.1) is 11.4 Å². The van der Waals surface area contributed by atoms with Gasteiger partial charge < -0.3 is 15.5 Å². The van der Waals surface area contributed by atoms with Gasteiger partial charge in [0.25, 0.3) is 5.56 Å². The van der Waals surface area contributed by atoms with Crippen LogP contribution in [0, 0.1) is 0 Å². The Hall–Kier alpha value is -1.40. The molecule has 3 N–H and O–H groups in total. The zero-order valence-corrected chi connectivity index (χ0v) is 11.9. The van der Waals surface area contributed by atoms with E-state index in [0.29, 0.717) is 0 Å². The Labute approximate surface area is 118 Å². The fourth-order valence-corrected chi connectivity index (χ4v) is 3.04. The van der Waals surface area contributed by atoms with Gasteiger partial charge in [0.15, 0.2) is 0 Å². The van der Waals surface area contributed by atoms with E-state index >= 15 is 0 Å². The third kappa shape index (κ3) is 3.02. The Balaban J connectivity index is 1.61. The van der Waals surface area contributed by atoms with Gasteiger partial charge in [-0.3, -0.25) is 4.79 Å². The summed E-state index contributed by atoms with van der Waals surface area (Å²) < 4.78 is 0. The molecule has 0 saturated carbocycles. The molecule has 1 aromatic rings. The van der Waals surface area contributed by atoms with E-state index < -0.39 is 0 Å². The summed E-state index contributed by atoms with van der Waals surface area (Å²) in [5.74, 6) is 0. The smallest absolute Gasteiger partial charge is 0.269 e. The summed E-state index contributed by atoms with van der Waals surface area (Å²) in [7, 11) is 0. The summed E-state index contributed by atoms with van der Waals surface area (Å²) >= 11 is 0. The van der Waals surface area contributed by atoms with Crippen LogP contribution in [-0.2, 0) is 12.8 Å². The summed E-state index contributed by atoms with van der Waals surface area (Å²) in [6.45, 7) is 6.51. The second-order valence-electron chi connectivity index (χ2n) is 5.58. The van der Waals surface area contributed by atoms with Crippen LogP contribution in [0.25, 0.3) is 0 Å². The molecule has 0 spiro atoms. The second-order valence-corrected chi connectivity index (χ2v) is 5.58. The molecule has 0 amide bonds. The Morgan fingerprint density at radius 2 is 2.05 bits per heavy atom. The number of hydrogen-bond acceptors (Lipinski definition) is 5. The van der Waals surface area contributed by atoms with Crippen molar-refractivity contribution in [1.29, 1.82) is 0 Å². The number of H-pyrrole nitrogens is 1. The molecule has 0 aliphatic carbocycles. The van der Waals surface area contributed by atoms with Crippen molar-refractivity contribution in [2.45, 2.75) is 25.7 Å². The number of aromatic amines is 1. The van der Waals surface area contributed by atoms with Crippen LogP contribution in [0.1, 0.15) is 24.1 Å². The van der Waals surface area contributed by atoms with Gasteiger partial charge in [-0.25, -0.2) is 5.10 Å². The van der Waals surface area contributed by atoms with E-state index in [0.717, 1.165) is 81.9 Å². The first-order valence-electron chi connectivity index (χ1n) is 7.62. The number of hydrogen-bond donors (Lipinski definition) is 3. The molecule has 0 atom stereocenters. The number of rotatable bonds is 4. The first kappa shape index (κ1) is 13.6. The van der Waals surface area contributed by atoms with Gasteiger partial charge in [-0.2, -0.15) is 5.10 Å². The van der Waals surface area contributed by atoms with Gasteiger partial charge in [-0.1, -0.05) is 0 Å². The minimum absolute atomic E-state index is 0.0296. The molecule has 1 aromatic heterocycles. The van der Waals surface area contributed by atoms with Crippen LogP contribution in [0.4, 0.5) is 5.69 Å². The van der Waals surface area contributed by atoms with Crippen molar-refractivity contribution in [3.8, 4) is 0 Å². The van der Waals surface area contributed by atoms with E-state index in [-0.39, 0.29) is 5.56 Å². The second kappa shape index (κ2) is 6.37. The maximum atomic E-state index is 11.8. The summed E-state index contributed by atoms with van der Waals surface area (Å²) in [6.07, 6.45) is 3.91. The van der Waals surface area contributed by atoms with Crippen LogP contribution in [0.3, 0.4) is 0 Å². The molecule has 0 unspecified atom stereocenters. The maximum Gasteiger partial charge on any atom is 0.269 e. The van der Waals surface area contributed by atoms with Gasteiger partial charge in [0, 0.05) is 38.3 Å². The fraction of sp³-hybridized carbons (Fsp3) is 0.714. The third-order valence-electron chi connectivity index (χ3n) is 4.16. The highest BCUT2D eigenvalue weighted by Gasteiger charge is 2.17. The van der Waals surface area contributed by atoms with E-state index in [1.54, 1.807) is 0 Å². The SMILES string of the molecule is O=c1[nH]nc(CCCN2CCNCC2)c2c1CCCN2. The van der Waals surface area contributed by atoms with Crippen LogP contribution < -0.4 is 16.2 Å². The highest BCUT2D eigenvalue weighted by molar-refractivity contribution is 5.55. The van der Waals surface area contributed by atoms with E-state index in [4.69, 9.17) is 0 Å². The molecular formula is C14H23N5O. The van der Waals surface area contributed by atoms with E-state index in [1.807, 2.05) is 0 Å². The predicted octanol–water partition coefficient (Wildman–Crippen LogP) is -0.0342. The molecule has 110 valence electrons. The largest absolute Gasteiger partial charge is 0.383 e. The summed E-state index contributed by atoms with van der Waals surface area (Å²) in [5.41, 5.74) is 2.89. The Morgan fingerprint density at radius 3 is 2.90 bits per heavy atom. The van der Waals surface area contributed by atoms with Crippen LogP contribution in [0.2, 0.25) is 0 Å². The van der Waals surface area contributed by atoms with Crippen molar-refractivity contribution < 1.29 is 0 Å². The highest BCUT2D eigenvalue weighted by atomic mass is 16.1. The quantitative estimate of drug-likeness (QED) is 0.720. The molecule has 0 bridgehead atoms. The zero-order chi connectivity index (χ0) is 13.8. The summed E-state index contributed by atoms with van der Waals surface area (Å²) in [6, 6.07) is 0. The zero-order valence-electron chi connectivity index (χ0n) is 11.9. The van der Waals surface area contributed by atoms with Crippen LogP contribution in [0.5, 0.6) is 0 Å². The Kier molecular flexibility index (Phi) is 4.32. The maximum absolute atomic E-state index is 11.8. The third-order valence-corrected chi connectivity index (χ3v) is 4.16. The minimum Gasteiger partial charge on any atom is -0.383 e. The van der Waals surface area contributed by atoms with Crippen molar-refractivity contribution in [2.75, 3.05) is 44.6 Å². The average molecular weight is 277 g/mol. The number of piperazine rings is 1. The summed E-state index contributed by atoms with van der Waals surface area (Å²) in [4.78, 5) is 14.3. The topological polar surface area (TPSA) is 73.0 Å². The highest BCUT2D eigenvalue weighted by Crippen LogP contribution is 2.22. The average Bonchev–Trinajstić information content (AvgIpc) is 2.51. The Morgan fingerprint density at radius 1 is 1.20 bits per heavy atom. The van der Waals surface area contributed by atoms with Gasteiger partial charge >= 0.3 is 0 Å². The van der Waals surface area contributed by atoms with Crippen molar-refractivity contribution in [3.05, 3.63) is 21.6 Å². The lowest BCUT2D eigenvalue weighted by Gasteiger charge is -2.27. The van der Waals surface area contributed by atoms with Crippen molar-refractivity contribution in [3.63, 3.8) is 0 Å². The number of anilines is 1. The van der Waals surface area contributed by atoms with Crippen LogP contribution in [-0.4, -0.2) is 54.4 Å². The first-order chi connectivity index (χ1) is 9.84. The van der Waals surface area contributed by atoms with Crippen molar-refractivity contribution in [1.82, 2.24) is 20.4 Å². The van der Waals surface area contributed by atoms with Crippen molar-refractivity contribution >= 4 is 5.69 Å². The number of aryl methyl sites for hydroxylation is 1. The van der Waals surface area contributed by atoms with Gasteiger partial charge in [-0.15, -0.1) is 0 Å². The molecule has 3 heterocycles. The minimum atomic E-state index is -0.0296. The lowest BCUT2D eigenvalue weighted by molar-refractivity contribution is 0.238. The lowest BCUT2D eigenvalue weighted by atomic mass is 10.0. The molecule has 3 rings (SSSR count). The Bertz CT molecular complexity index is 507. The summed E-state index contributed by atoms with van der Waals surface area (Å²) in [5, 5.41) is 13.6. The molecule has 20 heavy (non-hydrogen) atoms. The monoisotopic (exact) mass is 277 g/mol. The van der Waals surface area contributed by atoms with Crippen LogP contribution >= 0.6 is 0 Å². The van der Waals surface area contributed by atoms with E-state index in [2.05, 4.69) is 25.7 Å². The predicted molar refractivity (Wildman–Crippen MR) is 79.3 cm³/mol. The first-order valence-corrected chi connectivity index (χ1v) is 7.62. The number of nitrogens with one attached hydrogen (secondary N) is 3.